The summed E-state index contributed by atoms with van der Waals surface area (Å²) in [6.45, 7) is 4.16. The number of ketones is 3. The van der Waals surface area contributed by atoms with Crippen molar-refractivity contribution in [1.82, 2.24) is 16.0 Å². The van der Waals surface area contributed by atoms with Crippen LogP contribution in [0.25, 0.3) is 0 Å². The Hall–Kier alpha value is -1.69. The third-order valence-electron chi connectivity index (χ3n) is 4.38. The first-order chi connectivity index (χ1) is 13.5. The zero-order valence-corrected chi connectivity index (χ0v) is 19.5. The SMILES string of the molecule is CNC(CCC(=O)NC(CCC(=O)NC(CCC(C)=O)C(=O)I)C(C)=O)C(C)=O. The lowest BCUT2D eigenvalue weighted by Gasteiger charge is -2.18. The highest BCUT2D eigenvalue weighted by molar-refractivity contribution is 14.1. The van der Waals surface area contributed by atoms with Crippen LogP contribution >= 0.6 is 22.6 Å². The zero-order chi connectivity index (χ0) is 22.6. The first kappa shape index (κ1) is 27.3. The van der Waals surface area contributed by atoms with Gasteiger partial charge in [0.25, 0.3) is 0 Å². The standard InChI is InChI=1S/C19H30IN3O6/c1-11(24)5-6-16(19(20)29)23-18(28)10-8-15(13(3)26)22-17(27)9-7-14(21-4)12(2)25/h14-16,21H,5-10H2,1-4H3,(H,22,27)(H,23,28). The second-order valence-electron chi connectivity index (χ2n) is 6.92. The molecule has 0 aliphatic rings. The molecule has 9 nitrogen and oxygen atoms in total. The average Bonchev–Trinajstić information content (AvgIpc) is 2.61. The highest BCUT2D eigenvalue weighted by Gasteiger charge is 2.22. The fourth-order valence-corrected chi connectivity index (χ4v) is 3.07. The Kier molecular flexibility index (Phi) is 13.5. The lowest BCUT2D eigenvalue weighted by Crippen LogP contribution is -2.43. The monoisotopic (exact) mass is 523 g/mol. The van der Waals surface area contributed by atoms with E-state index in [2.05, 4.69) is 16.0 Å². The number of amides is 2. The van der Waals surface area contributed by atoms with Crippen LogP contribution in [0.1, 0.15) is 59.3 Å². The minimum Gasteiger partial charge on any atom is -0.346 e. The molecule has 10 heteroatoms. The van der Waals surface area contributed by atoms with Gasteiger partial charge in [-0.2, -0.15) is 0 Å². The van der Waals surface area contributed by atoms with Gasteiger partial charge >= 0.3 is 0 Å². The maximum atomic E-state index is 12.1. The van der Waals surface area contributed by atoms with Crippen molar-refractivity contribution in [1.29, 1.82) is 0 Å². The Morgan fingerprint density at radius 3 is 1.48 bits per heavy atom. The molecule has 0 fully saturated rings. The summed E-state index contributed by atoms with van der Waals surface area (Å²) in [6, 6.07) is -2.02. The van der Waals surface area contributed by atoms with Gasteiger partial charge in [0.1, 0.15) is 11.6 Å². The van der Waals surface area contributed by atoms with Crippen LogP contribution in [0.4, 0.5) is 0 Å². The molecule has 2 amide bonds. The van der Waals surface area contributed by atoms with Crippen molar-refractivity contribution in [2.24, 2.45) is 0 Å². The number of nitrogens with one attached hydrogen (secondary N) is 3. The van der Waals surface area contributed by atoms with E-state index in [-0.39, 0.29) is 59.2 Å². The summed E-state index contributed by atoms with van der Waals surface area (Å²) in [5, 5.41) is 7.97. The second kappa shape index (κ2) is 14.3. The van der Waals surface area contributed by atoms with Crippen LogP contribution in [0.3, 0.4) is 0 Å². The van der Waals surface area contributed by atoms with Crippen molar-refractivity contribution in [3.63, 3.8) is 0 Å². The first-order valence-electron chi connectivity index (χ1n) is 9.43. The molecule has 164 valence electrons. The van der Waals surface area contributed by atoms with Crippen molar-refractivity contribution < 1.29 is 28.8 Å². The molecule has 3 N–H and O–H groups in total. The predicted molar refractivity (Wildman–Crippen MR) is 115 cm³/mol. The maximum absolute atomic E-state index is 12.1. The van der Waals surface area contributed by atoms with Gasteiger partial charge in [-0.15, -0.1) is 0 Å². The van der Waals surface area contributed by atoms with E-state index in [9.17, 15) is 28.8 Å². The average molecular weight is 523 g/mol. The van der Waals surface area contributed by atoms with Gasteiger partial charge in [0.15, 0.2) is 5.78 Å². The quantitative estimate of drug-likeness (QED) is 0.211. The van der Waals surface area contributed by atoms with Gasteiger partial charge in [0.2, 0.25) is 15.6 Å². The zero-order valence-electron chi connectivity index (χ0n) is 17.3. The molecule has 0 rings (SSSR count). The molecule has 3 unspecified atom stereocenters. The lowest BCUT2D eigenvalue weighted by molar-refractivity contribution is -0.128. The Bertz CT molecular complexity index is 637. The molecule has 0 bridgehead atoms. The van der Waals surface area contributed by atoms with Gasteiger partial charge in [-0.25, -0.2) is 0 Å². The number of likely N-dealkylation sites (N-methyl/N-ethyl adjacent to an activating group) is 1. The van der Waals surface area contributed by atoms with E-state index in [1.165, 1.54) is 20.8 Å². The molecule has 0 aromatic heterocycles. The molecule has 0 aliphatic carbocycles. The predicted octanol–water partition coefficient (Wildman–Crippen LogP) is 0.613. The van der Waals surface area contributed by atoms with Crippen LogP contribution in [0.5, 0.6) is 0 Å². The van der Waals surface area contributed by atoms with Crippen LogP contribution in [-0.4, -0.2) is 58.1 Å². The molecule has 0 aromatic carbocycles. The Balaban J connectivity index is 4.61. The Morgan fingerprint density at radius 2 is 1.10 bits per heavy atom. The van der Waals surface area contributed by atoms with E-state index in [1.54, 1.807) is 29.6 Å². The molecular formula is C19H30IN3O6. The van der Waals surface area contributed by atoms with Gasteiger partial charge in [-0.05, 0) is 47.1 Å². The summed E-state index contributed by atoms with van der Waals surface area (Å²) in [6.07, 6.45) is 0.801. The normalized spacial score (nSPS) is 13.7. The van der Waals surface area contributed by atoms with Gasteiger partial charge < -0.3 is 20.7 Å². The third-order valence-corrected chi connectivity index (χ3v) is 5.13. The Labute approximate surface area is 184 Å². The maximum Gasteiger partial charge on any atom is 0.220 e. The van der Waals surface area contributed by atoms with E-state index >= 15 is 0 Å². The molecule has 3 atom stereocenters. The second-order valence-corrected chi connectivity index (χ2v) is 7.99. The summed E-state index contributed by atoms with van der Waals surface area (Å²) >= 11 is 1.57. The molecule has 29 heavy (non-hydrogen) atoms. The van der Waals surface area contributed by atoms with Crippen molar-refractivity contribution in [3.05, 3.63) is 0 Å². The van der Waals surface area contributed by atoms with E-state index in [1.807, 2.05) is 0 Å². The van der Waals surface area contributed by atoms with Gasteiger partial charge in [-0.3, -0.25) is 24.0 Å². The van der Waals surface area contributed by atoms with E-state index in [4.69, 9.17) is 0 Å². The highest BCUT2D eigenvalue weighted by atomic mass is 127. The molecule has 0 saturated heterocycles. The molecule has 0 saturated carbocycles. The number of halogens is 1. The molecule has 0 heterocycles. The number of hydrogen-bond acceptors (Lipinski definition) is 7. The third kappa shape index (κ3) is 12.5. The van der Waals surface area contributed by atoms with Crippen molar-refractivity contribution in [3.8, 4) is 0 Å². The molecular weight excluding hydrogens is 493 g/mol. The molecule has 0 radical (unpaired) electrons. The minimum atomic E-state index is -0.829. The first-order valence-corrected chi connectivity index (χ1v) is 10.5. The van der Waals surface area contributed by atoms with Crippen molar-refractivity contribution in [2.45, 2.75) is 77.4 Å². The number of rotatable bonds is 15. The Morgan fingerprint density at radius 1 is 0.690 bits per heavy atom. The van der Waals surface area contributed by atoms with E-state index in [0.29, 0.717) is 6.42 Å². The fourth-order valence-electron chi connectivity index (χ4n) is 2.60. The summed E-state index contributed by atoms with van der Waals surface area (Å²) in [5.74, 6) is -1.26. The van der Waals surface area contributed by atoms with Crippen LogP contribution < -0.4 is 16.0 Å². The topological polar surface area (TPSA) is 139 Å². The van der Waals surface area contributed by atoms with Gasteiger partial charge in [-0.1, -0.05) is 0 Å². The van der Waals surface area contributed by atoms with Crippen molar-refractivity contribution >= 4 is 55.5 Å². The van der Waals surface area contributed by atoms with Crippen LogP contribution in [0, 0.1) is 0 Å². The number of Topliss-reactive ketones (excluding diaryl/α,β-unsaturated/α-hetero) is 3. The van der Waals surface area contributed by atoms with E-state index in [0.717, 1.165) is 0 Å². The smallest absolute Gasteiger partial charge is 0.220 e. The number of carbonyl (C=O) groups excluding carboxylic acids is 6. The summed E-state index contributed by atoms with van der Waals surface area (Å²) in [7, 11) is 1.63. The number of hydrogen-bond donors (Lipinski definition) is 3. The molecule has 0 spiro atoms. The van der Waals surface area contributed by atoms with Crippen LogP contribution in [-0.2, 0) is 28.8 Å². The molecule has 0 aromatic rings. The van der Waals surface area contributed by atoms with E-state index < -0.39 is 24.0 Å². The highest BCUT2D eigenvalue weighted by Crippen LogP contribution is 2.07. The summed E-state index contributed by atoms with van der Waals surface area (Å²) < 4.78 is -0.279. The van der Waals surface area contributed by atoms with Crippen LogP contribution in [0.2, 0.25) is 0 Å². The van der Waals surface area contributed by atoms with Gasteiger partial charge in [0, 0.05) is 41.9 Å². The summed E-state index contributed by atoms with van der Waals surface area (Å²) in [4.78, 5) is 70.1. The largest absolute Gasteiger partial charge is 0.346 e. The van der Waals surface area contributed by atoms with Gasteiger partial charge in [0.05, 0.1) is 18.1 Å². The van der Waals surface area contributed by atoms with Crippen molar-refractivity contribution in [2.75, 3.05) is 7.05 Å². The summed E-state index contributed by atoms with van der Waals surface area (Å²) in [5.41, 5.74) is 0. The minimum absolute atomic E-state index is 0.0579. The molecule has 0 aliphatic heterocycles. The number of carbonyl (C=O) groups is 6. The fraction of sp³-hybridized carbons (Fsp3) is 0.684. The van der Waals surface area contributed by atoms with Crippen LogP contribution in [0.15, 0.2) is 0 Å². The lowest BCUT2D eigenvalue weighted by atomic mass is 10.0.